The van der Waals surface area contributed by atoms with E-state index in [-0.39, 0.29) is 58.6 Å². The Morgan fingerprint density at radius 2 is 1.71 bits per heavy atom. The van der Waals surface area contributed by atoms with Crippen LogP contribution in [0.3, 0.4) is 0 Å². The molecule has 0 N–H and O–H groups in total. The molecule has 1 rings (SSSR count). The quantitative estimate of drug-likeness (QED) is 0.359. The standard InChI is InChI=1S/C19H27N2O2.Yb/c1-14(2)21(18(23)19(3,4)5)16-10-8-9-15(13-16)17(22)11-12-20(6)7;/h8-13H,1-7H3;/q-1;/b12-11+;. The molecule has 0 aliphatic rings. The van der Waals surface area contributed by atoms with Crippen LogP contribution in [-0.4, -0.2) is 30.7 Å². The Bertz CT molecular complexity index is 602. The minimum absolute atomic E-state index is 0. The predicted octanol–water partition coefficient (Wildman–Crippen LogP) is 3.90. The van der Waals surface area contributed by atoms with Crippen molar-refractivity contribution in [3.05, 3.63) is 48.1 Å². The van der Waals surface area contributed by atoms with E-state index >= 15 is 0 Å². The number of anilines is 1. The van der Waals surface area contributed by atoms with Gasteiger partial charge in [-0.25, -0.2) is 6.04 Å². The molecule has 0 atom stereocenters. The molecule has 0 spiro atoms. The Morgan fingerprint density at radius 1 is 1.12 bits per heavy atom. The minimum atomic E-state index is -0.498. The average molecular weight is 488 g/mol. The molecule has 0 aliphatic carbocycles. The van der Waals surface area contributed by atoms with Crippen LogP contribution in [0.25, 0.3) is 0 Å². The molecule has 24 heavy (non-hydrogen) atoms. The molecule has 1 aromatic carbocycles. The molecular formula is C19H27N2O2Yb-. The van der Waals surface area contributed by atoms with Gasteiger partial charge in [-0.3, -0.25) is 9.59 Å². The topological polar surface area (TPSA) is 40.6 Å². The van der Waals surface area contributed by atoms with Crippen molar-refractivity contribution in [1.29, 1.82) is 0 Å². The molecular weight excluding hydrogens is 461 g/mol. The zero-order valence-corrected chi connectivity index (χ0v) is 17.2. The Labute approximate surface area is 184 Å². The molecule has 0 radical (unpaired) electrons. The summed E-state index contributed by atoms with van der Waals surface area (Å²) in [6, 6.07) is 8.05. The van der Waals surface area contributed by atoms with Gasteiger partial charge in [-0.15, -0.1) is 0 Å². The van der Waals surface area contributed by atoms with Gasteiger partial charge in [0.15, 0.2) is 5.78 Å². The van der Waals surface area contributed by atoms with E-state index in [4.69, 9.17) is 0 Å². The molecule has 140 valence electrons. The van der Waals surface area contributed by atoms with Crippen molar-refractivity contribution in [2.75, 3.05) is 19.0 Å². The van der Waals surface area contributed by atoms with E-state index in [9.17, 15) is 9.59 Å². The Kier molecular flexibility index (Phi) is 9.55. The molecule has 0 bridgehead atoms. The van der Waals surface area contributed by atoms with Crippen LogP contribution in [0.4, 0.5) is 5.69 Å². The molecule has 1 amide bonds. The van der Waals surface area contributed by atoms with Crippen molar-refractivity contribution in [3.8, 4) is 0 Å². The average Bonchev–Trinajstić information content (AvgIpc) is 2.43. The number of rotatable bonds is 5. The first-order chi connectivity index (χ1) is 10.5. The summed E-state index contributed by atoms with van der Waals surface area (Å²) in [7, 11) is 3.72. The van der Waals surface area contributed by atoms with Crippen molar-refractivity contribution in [2.45, 2.75) is 34.6 Å². The number of allylic oxidation sites excluding steroid dienone is 1. The number of hydrogen-bond acceptors (Lipinski definition) is 3. The fourth-order valence-corrected chi connectivity index (χ4v) is 2.03. The van der Waals surface area contributed by atoms with E-state index in [1.807, 2.05) is 54.8 Å². The molecule has 0 aromatic heterocycles. The zero-order valence-electron chi connectivity index (χ0n) is 15.4. The van der Waals surface area contributed by atoms with Gasteiger partial charge in [-0.2, -0.15) is 13.8 Å². The summed E-state index contributed by atoms with van der Waals surface area (Å²) in [5.74, 6) is -0.0802. The van der Waals surface area contributed by atoms with Gasteiger partial charge in [0.25, 0.3) is 0 Å². The second-order valence-corrected chi connectivity index (χ2v) is 7.03. The first kappa shape index (κ1) is 23.4. The van der Waals surface area contributed by atoms with Gasteiger partial charge in [0.2, 0.25) is 5.91 Å². The summed E-state index contributed by atoms with van der Waals surface area (Å²) in [5.41, 5.74) is 0.782. The third-order valence-corrected chi connectivity index (χ3v) is 3.20. The maximum Gasteiger partial charge on any atom is 0.203 e. The number of ketones is 1. The van der Waals surface area contributed by atoms with E-state index < -0.39 is 5.41 Å². The summed E-state index contributed by atoms with van der Waals surface area (Å²) >= 11 is 0. The molecule has 0 saturated carbocycles. The zero-order chi connectivity index (χ0) is 17.8. The number of hydrogen-bond donors (Lipinski definition) is 0. The number of amides is 1. The van der Waals surface area contributed by atoms with E-state index in [0.29, 0.717) is 11.3 Å². The van der Waals surface area contributed by atoms with Crippen molar-refractivity contribution < 1.29 is 56.5 Å². The SMILES string of the molecule is C[C-](C)N(C(=O)C(C)(C)C)c1cccc(C(=O)/C=C/N(C)C)c1.[Yb]. The number of carbonyl (C=O) groups is 2. The van der Waals surface area contributed by atoms with Crippen LogP contribution in [0.5, 0.6) is 0 Å². The van der Waals surface area contributed by atoms with Crippen molar-refractivity contribution in [3.63, 3.8) is 0 Å². The largest absolute Gasteiger partial charge is 0.462 e. The first-order valence-corrected chi connectivity index (χ1v) is 7.68. The number of benzene rings is 1. The fraction of sp³-hybridized carbons (Fsp3) is 0.421. The van der Waals surface area contributed by atoms with Gasteiger partial charge in [-0.1, -0.05) is 32.9 Å². The molecule has 4 nitrogen and oxygen atoms in total. The van der Waals surface area contributed by atoms with Gasteiger partial charge in [-0.05, 0) is 12.1 Å². The van der Waals surface area contributed by atoms with Gasteiger partial charge in [0, 0.05) is 90.0 Å². The molecule has 0 fully saturated rings. The summed E-state index contributed by atoms with van der Waals surface area (Å²) in [4.78, 5) is 28.4. The van der Waals surface area contributed by atoms with Crippen molar-refractivity contribution in [2.24, 2.45) is 5.41 Å². The second kappa shape index (κ2) is 9.79. The molecule has 0 aliphatic heterocycles. The number of carbonyl (C=O) groups excluding carboxylic acids is 2. The van der Waals surface area contributed by atoms with Crippen LogP contribution in [0.1, 0.15) is 45.0 Å². The smallest absolute Gasteiger partial charge is 0.203 e. The molecule has 0 heterocycles. The van der Waals surface area contributed by atoms with Crippen LogP contribution in [0.15, 0.2) is 36.5 Å². The third-order valence-electron chi connectivity index (χ3n) is 3.20. The predicted molar refractivity (Wildman–Crippen MR) is 95.1 cm³/mol. The summed E-state index contributed by atoms with van der Waals surface area (Å²) in [6.45, 7) is 9.45. The summed E-state index contributed by atoms with van der Waals surface area (Å²) in [5, 5.41) is 0. The Balaban J connectivity index is 0.00000529. The maximum atomic E-state index is 12.7. The van der Waals surface area contributed by atoms with Crippen LogP contribution < -0.4 is 4.90 Å². The van der Waals surface area contributed by atoms with Crippen molar-refractivity contribution >= 4 is 17.4 Å². The molecule has 0 saturated heterocycles. The monoisotopic (exact) mass is 489 g/mol. The summed E-state index contributed by atoms with van der Waals surface area (Å²) < 4.78 is 0. The van der Waals surface area contributed by atoms with E-state index in [1.165, 1.54) is 6.08 Å². The van der Waals surface area contributed by atoms with Crippen LogP contribution in [0, 0.1) is 58.4 Å². The minimum Gasteiger partial charge on any atom is -0.462 e. The van der Waals surface area contributed by atoms with Gasteiger partial charge < -0.3 is 9.80 Å². The van der Waals surface area contributed by atoms with E-state index in [2.05, 4.69) is 0 Å². The van der Waals surface area contributed by atoms with Crippen LogP contribution in [-0.2, 0) is 4.79 Å². The normalized spacial score (nSPS) is 11.3. The van der Waals surface area contributed by atoms with Crippen LogP contribution >= 0.6 is 0 Å². The Morgan fingerprint density at radius 3 is 2.17 bits per heavy atom. The van der Waals surface area contributed by atoms with E-state index in [1.54, 1.807) is 34.2 Å². The maximum absolute atomic E-state index is 12.7. The molecule has 5 heteroatoms. The van der Waals surface area contributed by atoms with Gasteiger partial charge in [0.05, 0.1) is 0 Å². The third kappa shape index (κ3) is 6.73. The van der Waals surface area contributed by atoms with E-state index in [0.717, 1.165) is 6.04 Å². The fourth-order valence-electron chi connectivity index (χ4n) is 2.03. The molecule has 1 aromatic rings. The Hall–Kier alpha value is -0.581. The summed E-state index contributed by atoms with van der Waals surface area (Å²) in [6.07, 6.45) is 3.24. The van der Waals surface area contributed by atoms with Crippen molar-refractivity contribution in [1.82, 2.24) is 4.90 Å². The van der Waals surface area contributed by atoms with Gasteiger partial charge >= 0.3 is 0 Å². The van der Waals surface area contributed by atoms with Gasteiger partial charge in [0.1, 0.15) is 0 Å². The molecule has 0 unspecified atom stereocenters. The first-order valence-electron chi connectivity index (χ1n) is 7.68. The van der Waals surface area contributed by atoms with Crippen LogP contribution in [0.2, 0.25) is 0 Å². The second-order valence-electron chi connectivity index (χ2n) is 7.03. The number of nitrogens with zero attached hydrogens (tertiary/aromatic N) is 2.